The zero-order valence-corrected chi connectivity index (χ0v) is 19.7. The predicted molar refractivity (Wildman–Crippen MR) is 123 cm³/mol. The summed E-state index contributed by atoms with van der Waals surface area (Å²) in [6, 6.07) is 5.38. The van der Waals surface area contributed by atoms with Crippen molar-refractivity contribution in [3.63, 3.8) is 0 Å². The smallest absolute Gasteiger partial charge is 0.313 e. The minimum absolute atomic E-state index is 0.0362. The highest BCUT2D eigenvalue weighted by molar-refractivity contribution is 7.88. The Labute approximate surface area is 189 Å². The van der Waals surface area contributed by atoms with Crippen LogP contribution in [0.15, 0.2) is 18.2 Å². The van der Waals surface area contributed by atoms with E-state index in [9.17, 15) is 22.8 Å². The number of nitrogens with zero attached hydrogens (tertiary/aromatic N) is 2. The molecule has 2 heterocycles. The summed E-state index contributed by atoms with van der Waals surface area (Å²) in [5, 5.41) is 5.27. The van der Waals surface area contributed by atoms with E-state index < -0.39 is 21.8 Å². The Hall–Kier alpha value is -2.46. The summed E-state index contributed by atoms with van der Waals surface area (Å²) in [5.41, 5.74) is 2.30. The largest absolute Gasteiger partial charge is 0.348 e. The maximum absolute atomic E-state index is 12.6. The number of amides is 3. The molecule has 0 spiro atoms. The molecule has 0 unspecified atom stereocenters. The molecule has 2 aliphatic rings. The summed E-state index contributed by atoms with van der Waals surface area (Å²) in [6.07, 6.45) is 4.23. The van der Waals surface area contributed by atoms with Crippen LogP contribution < -0.4 is 15.5 Å². The summed E-state index contributed by atoms with van der Waals surface area (Å²) in [7, 11) is -3.19. The molecular formula is C22H32N4O5S. The molecular weight excluding hydrogens is 432 g/mol. The number of sulfonamides is 1. The first-order valence-corrected chi connectivity index (χ1v) is 12.9. The Kier molecular flexibility index (Phi) is 7.55. The van der Waals surface area contributed by atoms with Crippen LogP contribution in [-0.2, 0) is 30.8 Å². The number of rotatable bonds is 5. The van der Waals surface area contributed by atoms with Gasteiger partial charge in [-0.3, -0.25) is 14.4 Å². The third kappa shape index (κ3) is 5.86. The zero-order valence-electron chi connectivity index (χ0n) is 18.9. The molecule has 32 heavy (non-hydrogen) atoms. The highest BCUT2D eigenvalue weighted by atomic mass is 32.2. The van der Waals surface area contributed by atoms with Gasteiger partial charge in [0.1, 0.15) is 0 Å². The number of nitrogens with one attached hydrogen (secondary N) is 2. The summed E-state index contributed by atoms with van der Waals surface area (Å²) in [4.78, 5) is 38.9. The molecule has 10 heteroatoms. The fourth-order valence-corrected chi connectivity index (χ4v) is 5.02. The number of piperidine rings is 1. The van der Waals surface area contributed by atoms with Crippen molar-refractivity contribution in [1.82, 2.24) is 9.62 Å². The first-order chi connectivity index (χ1) is 15.1. The van der Waals surface area contributed by atoms with Crippen molar-refractivity contribution in [3.8, 4) is 0 Å². The SMILES string of the molecule is CC(C)C(=O)N1CCCc2ccc(NC(=O)C(=O)NCC3CCN(S(C)(=O)=O)CC3)cc21. The Bertz CT molecular complexity index is 984. The Morgan fingerprint density at radius 1 is 1.09 bits per heavy atom. The monoisotopic (exact) mass is 464 g/mol. The lowest BCUT2D eigenvalue weighted by Crippen LogP contribution is -2.43. The number of hydrogen-bond donors (Lipinski definition) is 2. The maximum atomic E-state index is 12.6. The van der Waals surface area contributed by atoms with Gasteiger partial charge in [-0.05, 0) is 49.3 Å². The van der Waals surface area contributed by atoms with Gasteiger partial charge in [0.15, 0.2) is 0 Å². The number of benzene rings is 1. The highest BCUT2D eigenvalue weighted by Crippen LogP contribution is 2.31. The Morgan fingerprint density at radius 2 is 1.78 bits per heavy atom. The number of carbonyl (C=O) groups is 3. The lowest BCUT2D eigenvalue weighted by Gasteiger charge is -2.31. The molecule has 3 amide bonds. The van der Waals surface area contributed by atoms with E-state index in [1.807, 2.05) is 19.9 Å². The Morgan fingerprint density at radius 3 is 2.41 bits per heavy atom. The average molecular weight is 465 g/mol. The van der Waals surface area contributed by atoms with Crippen LogP contribution in [-0.4, -0.2) is 62.9 Å². The Balaban J connectivity index is 1.55. The quantitative estimate of drug-likeness (QED) is 0.638. The van der Waals surface area contributed by atoms with Crippen LogP contribution in [0.3, 0.4) is 0 Å². The molecule has 3 rings (SSSR count). The number of aryl methyl sites for hydroxylation is 1. The van der Waals surface area contributed by atoms with Crippen molar-refractivity contribution in [2.45, 2.75) is 39.5 Å². The van der Waals surface area contributed by atoms with Crippen LogP contribution in [0.2, 0.25) is 0 Å². The summed E-state index contributed by atoms with van der Waals surface area (Å²) >= 11 is 0. The second-order valence-electron chi connectivity index (χ2n) is 8.86. The van der Waals surface area contributed by atoms with Crippen LogP contribution >= 0.6 is 0 Å². The second-order valence-corrected chi connectivity index (χ2v) is 10.8. The van der Waals surface area contributed by atoms with Gasteiger partial charge in [0.2, 0.25) is 15.9 Å². The van der Waals surface area contributed by atoms with Crippen LogP contribution in [0.4, 0.5) is 11.4 Å². The molecule has 0 aliphatic carbocycles. The fourth-order valence-electron chi connectivity index (χ4n) is 4.14. The van der Waals surface area contributed by atoms with E-state index >= 15 is 0 Å². The lowest BCUT2D eigenvalue weighted by molar-refractivity contribution is -0.136. The molecule has 1 aromatic rings. The molecule has 0 bridgehead atoms. The van der Waals surface area contributed by atoms with Crippen LogP contribution in [0.1, 0.15) is 38.7 Å². The molecule has 9 nitrogen and oxygen atoms in total. The molecule has 0 aromatic heterocycles. The van der Waals surface area contributed by atoms with Gasteiger partial charge in [-0.1, -0.05) is 19.9 Å². The van der Waals surface area contributed by atoms with E-state index in [-0.39, 0.29) is 17.7 Å². The van der Waals surface area contributed by atoms with Crippen molar-refractivity contribution >= 4 is 39.1 Å². The van der Waals surface area contributed by atoms with Crippen molar-refractivity contribution in [3.05, 3.63) is 23.8 Å². The van der Waals surface area contributed by atoms with Gasteiger partial charge >= 0.3 is 11.8 Å². The molecule has 0 radical (unpaired) electrons. The normalized spacial score (nSPS) is 17.7. The van der Waals surface area contributed by atoms with Gasteiger partial charge in [0.05, 0.1) is 6.26 Å². The molecule has 0 atom stereocenters. The van der Waals surface area contributed by atoms with E-state index in [1.54, 1.807) is 17.0 Å². The van der Waals surface area contributed by atoms with Gasteiger partial charge in [-0.2, -0.15) is 0 Å². The van der Waals surface area contributed by atoms with Crippen LogP contribution in [0.5, 0.6) is 0 Å². The summed E-state index contributed by atoms with van der Waals surface area (Å²) in [6.45, 7) is 5.53. The summed E-state index contributed by atoms with van der Waals surface area (Å²) < 4.78 is 24.6. The van der Waals surface area contributed by atoms with Gasteiger partial charge in [-0.15, -0.1) is 0 Å². The molecule has 1 fully saturated rings. The molecule has 1 saturated heterocycles. The average Bonchev–Trinajstić information content (AvgIpc) is 2.76. The van der Waals surface area contributed by atoms with E-state index in [0.717, 1.165) is 24.1 Å². The number of fused-ring (bicyclic) bond motifs is 1. The van der Waals surface area contributed by atoms with Crippen molar-refractivity contribution in [2.75, 3.05) is 42.7 Å². The van der Waals surface area contributed by atoms with Gasteiger partial charge in [-0.25, -0.2) is 12.7 Å². The van der Waals surface area contributed by atoms with Gasteiger partial charge < -0.3 is 15.5 Å². The third-order valence-corrected chi connectivity index (χ3v) is 7.32. The number of anilines is 2. The minimum Gasteiger partial charge on any atom is -0.348 e. The molecule has 1 aromatic carbocycles. The van der Waals surface area contributed by atoms with Crippen molar-refractivity contribution in [1.29, 1.82) is 0 Å². The van der Waals surface area contributed by atoms with Crippen LogP contribution in [0.25, 0.3) is 0 Å². The van der Waals surface area contributed by atoms with E-state index in [2.05, 4.69) is 10.6 Å². The minimum atomic E-state index is -3.19. The molecule has 0 saturated carbocycles. The molecule has 2 N–H and O–H groups in total. The topological polar surface area (TPSA) is 116 Å². The van der Waals surface area contributed by atoms with Crippen molar-refractivity contribution in [2.24, 2.45) is 11.8 Å². The third-order valence-electron chi connectivity index (χ3n) is 6.02. The predicted octanol–water partition coefficient (Wildman–Crippen LogP) is 1.35. The second kappa shape index (κ2) is 9.99. The molecule has 176 valence electrons. The number of hydrogen-bond acceptors (Lipinski definition) is 5. The lowest BCUT2D eigenvalue weighted by atomic mass is 9.98. The summed E-state index contributed by atoms with van der Waals surface area (Å²) in [5.74, 6) is -1.47. The first-order valence-electron chi connectivity index (χ1n) is 11.0. The van der Waals surface area contributed by atoms with E-state index in [0.29, 0.717) is 44.7 Å². The van der Waals surface area contributed by atoms with Crippen LogP contribution in [0, 0.1) is 11.8 Å². The zero-order chi connectivity index (χ0) is 23.5. The first kappa shape index (κ1) is 24.2. The van der Waals surface area contributed by atoms with E-state index in [1.165, 1.54) is 10.6 Å². The number of carbonyl (C=O) groups excluding carboxylic acids is 3. The van der Waals surface area contributed by atoms with Gasteiger partial charge in [0, 0.05) is 43.5 Å². The molecule has 2 aliphatic heterocycles. The van der Waals surface area contributed by atoms with Crippen molar-refractivity contribution < 1.29 is 22.8 Å². The fraction of sp³-hybridized carbons (Fsp3) is 0.591. The standard InChI is InChI=1S/C22H32N4O5S/c1-15(2)22(29)26-10-4-5-17-6-7-18(13-19(17)26)24-21(28)20(27)23-14-16-8-11-25(12-9-16)32(3,30)31/h6-7,13,15-16H,4-5,8-12,14H2,1-3H3,(H,23,27)(H,24,28). The van der Waals surface area contributed by atoms with E-state index in [4.69, 9.17) is 0 Å². The maximum Gasteiger partial charge on any atom is 0.313 e. The highest BCUT2D eigenvalue weighted by Gasteiger charge is 2.27. The van der Waals surface area contributed by atoms with Gasteiger partial charge in [0.25, 0.3) is 0 Å².